The van der Waals surface area contributed by atoms with Gasteiger partial charge in [0.05, 0.1) is 0 Å². The van der Waals surface area contributed by atoms with E-state index in [9.17, 15) is 26.3 Å². The normalized spacial score (nSPS) is 17.1. The highest BCUT2D eigenvalue weighted by molar-refractivity contribution is 5.67. The van der Waals surface area contributed by atoms with Crippen LogP contribution < -0.4 is 4.74 Å². The summed E-state index contributed by atoms with van der Waals surface area (Å²) in [6.45, 7) is 1.97. The van der Waals surface area contributed by atoms with Gasteiger partial charge in [-0.05, 0) is 116 Å². The van der Waals surface area contributed by atoms with Gasteiger partial charge in [-0.2, -0.15) is 22.0 Å². The molecule has 5 rings (SSSR count). The van der Waals surface area contributed by atoms with Crippen molar-refractivity contribution >= 4 is 0 Å². The van der Waals surface area contributed by atoms with Crippen molar-refractivity contribution in [3.05, 3.63) is 124 Å². The standard InChI is InChI=1S/C37H29F11O/c1-2-3-4-5-20-6-8-21(9-7-20)22-10-12-26(28(38)14-22)24-17-32(42)35(33(43)18-24)37(47,48)49-25-11-13-27(29(39)19-25)23-15-30(40)34(31(41)16-23)36(44,45)46/h2-3,10-21H,4-9H2,1H3/b3-2+. The second-order valence-electron chi connectivity index (χ2n) is 12.0. The SMILES string of the molecule is C/C=C/CCC1CCC(c2ccc(-c3cc(F)c(C(F)(F)Oc4ccc(-c5cc(F)c(C(F)(F)F)c(F)c5)c(F)c4)c(F)c3)c(F)c2)CC1. The molecule has 12 heteroatoms. The van der Waals surface area contributed by atoms with Gasteiger partial charge in [0.2, 0.25) is 0 Å². The molecule has 1 aliphatic rings. The zero-order valence-corrected chi connectivity index (χ0v) is 25.9. The van der Waals surface area contributed by atoms with Crippen LogP contribution in [0.4, 0.5) is 48.3 Å². The first-order chi connectivity index (χ1) is 23.1. The molecule has 0 bridgehead atoms. The van der Waals surface area contributed by atoms with Crippen molar-refractivity contribution in [2.45, 2.75) is 63.7 Å². The minimum Gasteiger partial charge on any atom is -0.429 e. The Kier molecular flexibility index (Phi) is 10.5. The molecule has 1 saturated carbocycles. The Hall–Kier alpha value is -4.35. The molecule has 0 unspecified atom stereocenters. The highest BCUT2D eigenvalue weighted by atomic mass is 19.4. The van der Waals surface area contributed by atoms with Gasteiger partial charge in [-0.1, -0.05) is 24.3 Å². The number of hydrogen-bond donors (Lipinski definition) is 0. The van der Waals surface area contributed by atoms with Crippen molar-refractivity contribution in [2.24, 2.45) is 5.92 Å². The highest BCUT2D eigenvalue weighted by Gasteiger charge is 2.42. The second kappa shape index (κ2) is 14.2. The number of rotatable bonds is 9. The average molecular weight is 699 g/mol. The van der Waals surface area contributed by atoms with Crippen LogP contribution in [0.2, 0.25) is 0 Å². The summed E-state index contributed by atoms with van der Waals surface area (Å²) in [5.41, 5.74) is -5.24. The summed E-state index contributed by atoms with van der Waals surface area (Å²) in [5, 5.41) is 0. The maximum Gasteiger partial charge on any atom is 0.432 e. The summed E-state index contributed by atoms with van der Waals surface area (Å²) in [4.78, 5) is 0. The van der Waals surface area contributed by atoms with Gasteiger partial charge in [-0.15, -0.1) is 0 Å². The molecule has 0 N–H and O–H groups in total. The first-order valence-electron chi connectivity index (χ1n) is 15.4. The Morgan fingerprint density at radius 2 is 1.14 bits per heavy atom. The zero-order chi connectivity index (χ0) is 35.7. The molecule has 260 valence electrons. The Morgan fingerprint density at radius 1 is 0.633 bits per heavy atom. The van der Waals surface area contributed by atoms with Gasteiger partial charge < -0.3 is 4.74 Å². The maximum atomic E-state index is 15.2. The van der Waals surface area contributed by atoms with Crippen LogP contribution in [0.15, 0.2) is 72.8 Å². The Morgan fingerprint density at radius 3 is 1.63 bits per heavy atom. The van der Waals surface area contributed by atoms with Gasteiger partial charge in [0.25, 0.3) is 0 Å². The predicted octanol–water partition coefficient (Wildman–Crippen LogP) is 12.6. The van der Waals surface area contributed by atoms with E-state index in [1.165, 1.54) is 12.1 Å². The molecule has 0 radical (unpaired) electrons. The van der Waals surface area contributed by atoms with Crippen LogP contribution in [-0.4, -0.2) is 0 Å². The molecular formula is C37H29F11O. The molecule has 0 amide bonds. The van der Waals surface area contributed by atoms with E-state index in [4.69, 9.17) is 0 Å². The summed E-state index contributed by atoms with van der Waals surface area (Å²) in [5.74, 6) is -10.1. The van der Waals surface area contributed by atoms with Gasteiger partial charge in [0.15, 0.2) is 0 Å². The summed E-state index contributed by atoms with van der Waals surface area (Å²) in [6.07, 6.45) is -0.158. The minimum absolute atomic E-state index is 0.115. The van der Waals surface area contributed by atoms with Crippen molar-refractivity contribution in [2.75, 3.05) is 0 Å². The van der Waals surface area contributed by atoms with E-state index in [1.54, 1.807) is 6.07 Å². The number of hydrogen-bond acceptors (Lipinski definition) is 1. The van der Waals surface area contributed by atoms with Crippen LogP contribution in [0, 0.1) is 40.8 Å². The molecule has 4 aromatic carbocycles. The van der Waals surface area contributed by atoms with Crippen LogP contribution in [-0.2, 0) is 12.3 Å². The molecule has 1 nitrogen and oxygen atoms in total. The van der Waals surface area contributed by atoms with Gasteiger partial charge in [0, 0.05) is 17.2 Å². The van der Waals surface area contributed by atoms with Crippen LogP contribution >= 0.6 is 0 Å². The monoisotopic (exact) mass is 698 g/mol. The Labute approximate surface area is 275 Å². The Bertz CT molecular complexity index is 1810. The van der Waals surface area contributed by atoms with E-state index in [0.717, 1.165) is 44.1 Å². The van der Waals surface area contributed by atoms with Crippen molar-refractivity contribution in [3.8, 4) is 28.0 Å². The zero-order valence-electron chi connectivity index (χ0n) is 25.9. The summed E-state index contributed by atoms with van der Waals surface area (Å²) >= 11 is 0. The molecule has 0 aliphatic heterocycles. The van der Waals surface area contributed by atoms with Gasteiger partial charge in [-0.3, -0.25) is 0 Å². The quantitative estimate of drug-likeness (QED) is 0.125. The molecule has 4 aromatic rings. The maximum absolute atomic E-state index is 15.2. The molecule has 0 spiro atoms. The predicted molar refractivity (Wildman–Crippen MR) is 162 cm³/mol. The van der Waals surface area contributed by atoms with E-state index in [1.807, 2.05) is 13.0 Å². The van der Waals surface area contributed by atoms with Crippen LogP contribution in [0.25, 0.3) is 22.3 Å². The lowest BCUT2D eigenvalue weighted by molar-refractivity contribution is -0.189. The topological polar surface area (TPSA) is 9.23 Å². The fraction of sp³-hybridized carbons (Fsp3) is 0.297. The molecule has 0 saturated heterocycles. The highest BCUT2D eigenvalue weighted by Crippen LogP contribution is 2.42. The smallest absolute Gasteiger partial charge is 0.429 e. The number of allylic oxidation sites excluding steroid dienone is 2. The van der Waals surface area contributed by atoms with Crippen LogP contribution in [0.1, 0.15) is 68.1 Å². The third kappa shape index (κ3) is 7.94. The van der Waals surface area contributed by atoms with E-state index in [0.29, 0.717) is 36.2 Å². The van der Waals surface area contributed by atoms with E-state index in [2.05, 4.69) is 10.8 Å². The number of ether oxygens (including phenoxy) is 1. The average Bonchev–Trinajstić information content (AvgIpc) is 2.99. The van der Waals surface area contributed by atoms with Gasteiger partial charge >= 0.3 is 12.3 Å². The third-order valence-corrected chi connectivity index (χ3v) is 8.76. The molecule has 0 atom stereocenters. The van der Waals surface area contributed by atoms with Crippen LogP contribution in [0.3, 0.4) is 0 Å². The first-order valence-corrected chi connectivity index (χ1v) is 15.4. The van der Waals surface area contributed by atoms with Crippen molar-refractivity contribution in [3.63, 3.8) is 0 Å². The Balaban J connectivity index is 1.32. The van der Waals surface area contributed by atoms with Crippen molar-refractivity contribution in [1.82, 2.24) is 0 Å². The number of halogens is 11. The fourth-order valence-corrected chi connectivity index (χ4v) is 6.30. The molecule has 1 fully saturated rings. The molecular weight excluding hydrogens is 669 g/mol. The molecule has 0 heterocycles. The van der Waals surface area contributed by atoms with Crippen LogP contribution in [0.5, 0.6) is 5.75 Å². The number of alkyl halides is 5. The van der Waals surface area contributed by atoms with E-state index >= 15 is 22.0 Å². The molecule has 0 aromatic heterocycles. The first kappa shape index (κ1) is 35.9. The van der Waals surface area contributed by atoms with E-state index < -0.39 is 75.2 Å². The number of benzene rings is 4. The van der Waals surface area contributed by atoms with Crippen molar-refractivity contribution in [1.29, 1.82) is 0 Å². The van der Waals surface area contributed by atoms with E-state index in [-0.39, 0.29) is 29.2 Å². The molecule has 49 heavy (non-hydrogen) atoms. The summed E-state index contributed by atoms with van der Waals surface area (Å²) in [7, 11) is 0. The lowest BCUT2D eigenvalue weighted by atomic mass is 9.77. The minimum atomic E-state index is -5.37. The summed E-state index contributed by atoms with van der Waals surface area (Å²) in [6, 6.07) is 7.36. The van der Waals surface area contributed by atoms with Gasteiger partial charge in [0.1, 0.15) is 51.8 Å². The lowest BCUT2D eigenvalue weighted by Gasteiger charge is -2.29. The lowest BCUT2D eigenvalue weighted by Crippen LogP contribution is -2.25. The van der Waals surface area contributed by atoms with Crippen molar-refractivity contribution < 1.29 is 53.0 Å². The van der Waals surface area contributed by atoms with Gasteiger partial charge in [-0.25, -0.2) is 26.3 Å². The largest absolute Gasteiger partial charge is 0.432 e. The second-order valence-corrected chi connectivity index (χ2v) is 12.0. The molecule has 1 aliphatic carbocycles. The summed E-state index contributed by atoms with van der Waals surface area (Å²) < 4.78 is 161. The fourth-order valence-electron chi connectivity index (χ4n) is 6.30. The third-order valence-electron chi connectivity index (χ3n) is 8.76.